The summed E-state index contributed by atoms with van der Waals surface area (Å²) in [5.41, 5.74) is 1.46. The molecular formula is C21H22ClN3O4. The van der Waals surface area contributed by atoms with Crippen LogP contribution in [0.5, 0.6) is 5.75 Å². The van der Waals surface area contributed by atoms with Gasteiger partial charge in [0, 0.05) is 22.8 Å². The molecule has 2 aromatic carbocycles. The minimum atomic E-state index is -0.616. The van der Waals surface area contributed by atoms with E-state index in [1.165, 1.54) is 18.9 Å². The van der Waals surface area contributed by atoms with E-state index in [1.54, 1.807) is 42.5 Å². The van der Waals surface area contributed by atoms with Crippen LogP contribution >= 0.6 is 11.6 Å². The Bertz CT molecular complexity index is 947. The average molecular weight is 416 g/mol. The molecule has 1 aliphatic heterocycles. The number of carbonyl (C=O) groups excluding carboxylic acids is 3. The van der Waals surface area contributed by atoms with Gasteiger partial charge in [-0.1, -0.05) is 23.7 Å². The summed E-state index contributed by atoms with van der Waals surface area (Å²) >= 11 is 6.02. The first-order chi connectivity index (χ1) is 13.9. The van der Waals surface area contributed by atoms with E-state index in [1.807, 2.05) is 0 Å². The van der Waals surface area contributed by atoms with Crippen LogP contribution in [-0.4, -0.2) is 42.3 Å². The SMILES string of the molecule is COc1ccc(Cl)cc1NC(=O)[C@H]1CCCN1C(=O)Nc1cccc(C(C)=O)c1. The molecule has 0 unspecified atom stereocenters. The van der Waals surface area contributed by atoms with Crippen molar-refractivity contribution in [2.45, 2.75) is 25.8 Å². The van der Waals surface area contributed by atoms with Crippen molar-refractivity contribution in [1.29, 1.82) is 0 Å². The summed E-state index contributed by atoms with van der Waals surface area (Å²) < 4.78 is 5.25. The van der Waals surface area contributed by atoms with E-state index in [0.717, 1.165) is 0 Å². The summed E-state index contributed by atoms with van der Waals surface area (Å²) in [5.74, 6) is 0.0866. The Labute approximate surface area is 174 Å². The number of Topliss-reactive ketones (excluding diaryl/α,β-unsaturated/α-hetero) is 1. The van der Waals surface area contributed by atoms with Gasteiger partial charge in [0.1, 0.15) is 11.8 Å². The third kappa shape index (κ3) is 4.86. The Balaban J connectivity index is 1.71. The Kier molecular flexibility index (Phi) is 6.39. The zero-order valence-electron chi connectivity index (χ0n) is 16.2. The van der Waals surface area contributed by atoms with Crippen molar-refractivity contribution in [3.63, 3.8) is 0 Å². The van der Waals surface area contributed by atoms with Gasteiger partial charge in [-0.3, -0.25) is 9.59 Å². The number of nitrogens with zero attached hydrogens (tertiary/aromatic N) is 1. The molecule has 3 amide bonds. The number of likely N-dealkylation sites (tertiary alicyclic amines) is 1. The second-order valence-corrected chi connectivity index (χ2v) is 7.19. The molecule has 29 heavy (non-hydrogen) atoms. The largest absolute Gasteiger partial charge is 0.495 e. The van der Waals surface area contributed by atoms with Crippen molar-refractivity contribution in [2.24, 2.45) is 0 Å². The van der Waals surface area contributed by atoms with E-state index in [0.29, 0.717) is 47.1 Å². The van der Waals surface area contributed by atoms with Crippen LogP contribution in [-0.2, 0) is 4.79 Å². The maximum absolute atomic E-state index is 12.8. The van der Waals surface area contributed by atoms with Crippen LogP contribution in [0.2, 0.25) is 5.02 Å². The molecule has 152 valence electrons. The highest BCUT2D eigenvalue weighted by atomic mass is 35.5. The standard InChI is InChI=1S/C21H22ClN3O4/c1-13(26)14-5-3-6-16(11-14)23-21(28)25-10-4-7-18(25)20(27)24-17-12-15(22)8-9-19(17)29-2/h3,5-6,8-9,11-12,18H,4,7,10H2,1-2H3,(H,23,28)(H,24,27)/t18-/m1/s1. The number of halogens is 1. The fourth-order valence-electron chi connectivity index (χ4n) is 3.29. The molecule has 2 aromatic rings. The predicted molar refractivity (Wildman–Crippen MR) is 112 cm³/mol. The number of ketones is 1. The van der Waals surface area contributed by atoms with Gasteiger partial charge in [0.15, 0.2) is 5.78 Å². The number of methoxy groups -OCH3 is 1. The van der Waals surface area contributed by atoms with Crippen molar-refractivity contribution in [3.8, 4) is 5.75 Å². The number of urea groups is 1. The van der Waals surface area contributed by atoms with Gasteiger partial charge in [-0.25, -0.2) is 4.79 Å². The van der Waals surface area contributed by atoms with Gasteiger partial charge in [-0.05, 0) is 50.1 Å². The molecule has 0 spiro atoms. The predicted octanol–water partition coefficient (Wildman–Crippen LogP) is 4.19. The molecule has 1 atom stereocenters. The van der Waals surface area contributed by atoms with Crippen LogP contribution in [0.4, 0.5) is 16.2 Å². The molecular weight excluding hydrogens is 394 g/mol. The summed E-state index contributed by atoms with van der Waals surface area (Å²) in [4.78, 5) is 38.6. The summed E-state index contributed by atoms with van der Waals surface area (Å²) in [6.45, 7) is 1.93. The van der Waals surface area contributed by atoms with E-state index in [4.69, 9.17) is 16.3 Å². The maximum atomic E-state index is 12.8. The summed E-state index contributed by atoms with van der Waals surface area (Å²) in [6, 6.07) is 10.6. The van der Waals surface area contributed by atoms with Gasteiger partial charge >= 0.3 is 6.03 Å². The van der Waals surface area contributed by atoms with E-state index in [2.05, 4.69) is 10.6 Å². The Morgan fingerprint density at radius 3 is 2.66 bits per heavy atom. The Hall–Kier alpha value is -3.06. The number of hydrogen-bond acceptors (Lipinski definition) is 4. The van der Waals surface area contributed by atoms with Gasteiger partial charge in [-0.2, -0.15) is 0 Å². The summed E-state index contributed by atoms with van der Waals surface area (Å²) in [5, 5.41) is 6.04. The van der Waals surface area contributed by atoms with Crippen LogP contribution in [0.15, 0.2) is 42.5 Å². The second kappa shape index (κ2) is 8.96. The zero-order valence-corrected chi connectivity index (χ0v) is 17.0. The molecule has 3 rings (SSSR count). The quantitative estimate of drug-likeness (QED) is 0.717. The molecule has 0 saturated carbocycles. The molecule has 1 fully saturated rings. The van der Waals surface area contributed by atoms with Gasteiger partial charge in [0.25, 0.3) is 0 Å². The van der Waals surface area contributed by atoms with Crippen molar-refractivity contribution in [2.75, 3.05) is 24.3 Å². The first kappa shape index (κ1) is 20.7. The van der Waals surface area contributed by atoms with Crippen molar-refractivity contribution in [1.82, 2.24) is 4.90 Å². The summed E-state index contributed by atoms with van der Waals surface area (Å²) in [7, 11) is 1.50. The number of rotatable bonds is 5. The van der Waals surface area contributed by atoms with E-state index < -0.39 is 6.04 Å². The van der Waals surface area contributed by atoms with Crippen LogP contribution in [0.1, 0.15) is 30.1 Å². The molecule has 7 nitrogen and oxygen atoms in total. The highest BCUT2D eigenvalue weighted by Gasteiger charge is 2.34. The van der Waals surface area contributed by atoms with Gasteiger partial charge in [0.05, 0.1) is 12.8 Å². The fraction of sp³-hybridized carbons (Fsp3) is 0.286. The third-order valence-corrected chi connectivity index (χ3v) is 4.99. The van der Waals surface area contributed by atoms with E-state index in [9.17, 15) is 14.4 Å². The topological polar surface area (TPSA) is 87.7 Å². The molecule has 1 heterocycles. The third-order valence-electron chi connectivity index (χ3n) is 4.76. The summed E-state index contributed by atoms with van der Waals surface area (Å²) in [6.07, 6.45) is 1.27. The van der Waals surface area contributed by atoms with Crippen LogP contribution in [0.3, 0.4) is 0 Å². The van der Waals surface area contributed by atoms with Crippen molar-refractivity contribution >= 4 is 40.7 Å². The first-order valence-corrected chi connectivity index (χ1v) is 9.60. The van der Waals surface area contributed by atoms with Gasteiger partial charge in [0.2, 0.25) is 5.91 Å². The molecule has 8 heteroatoms. The lowest BCUT2D eigenvalue weighted by molar-refractivity contribution is -0.119. The fourth-order valence-corrected chi connectivity index (χ4v) is 3.46. The zero-order chi connectivity index (χ0) is 21.0. The van der Waals surface area contributed by atoms with Gasteiger partial charge < -0.3 is 20.3 Å². The molecule has 0 radical (unpaired) electrons. The monoisotopic (exact) mass is 415 g/mol. The molecule has 2 N–H and O–H groups in total. The Morgan fingerprint density at radius 1 is 1.14 bits per heavy atom. The average Bonchev–Trinajstić information content (AvgIpc) is 3.18. The number of ether oxygens (including phenoxy) is 1. The van der Waals surface area contributed by atoms with E-state index in [-0.39, 0.29) is 17.7 Å². The highest BCUT2D eigenvalue weighted by Crippen LogP contribution is 2.29. The number of amides is 3. The number of nitrogens with one attached hydrogen (secondary N) is 2. The van der Waals surface area contributed by atoms with Crippen LogP contribution in [0.25, 0.3) is 0 Å². The first-order valence-electron chi connectivity index (χ1n) is 9.22. The Morgan fingerprint density at radius 2 is 1.93 bits per heavy atom. The number of carbonyl (C=O) groups is 3. The normalized spacial score (nSPS) is 15.7. The van der Waals surface area contributed by atoms with Crippen LogP contribution in [0, 0.1) is 0 Å². The smallest absolute Gasteiger partial charge is 0.322 e. The van der Waals surface area contributed by atoms with Gasteiger partial charge in [-0.15, -0.1) is 0 Å². The van der Waals surface area contributed by atoms with Crippen molar-refractivity contribution < 1.29 is 19.1 Å². The van der Waals surface area contributed by atoms with Crippen molar-refractivity contribution in [3.05, 3.63) is 53.1 Å². The lowest BCUT2D eigenvalue weighted by Crippen LogP contribution is -2.45. The number of benzene rings is 2. The molecule has 1 aliphatic rings. The van der Waals surface area contributed by atoms with E-state index >= 15 is 0 Å². The molecule has 0 aromatic heterocycles. The number of anilines is 2. The number of hydrogen-bond donors (Lipinski definition) is 2. The maximum Gasteiger partial charge on any atom is 0.322 e. The van der Waals surface area contributed by atoms with Crippen LogP contribution < -0.4 is 15.4 Å². The second-order valence-electron chi connectivity index (χ2n) is 6.75. The lowest BCUT2D eigenvalue weighted by atomic mass is 10.1. The highest BCUT2D eigenvalue weighted by molar-refractivity contribution is 6.31. The minimum absolute atomic E-state index is 0.0880. The molecule has 0 aliphatic carbocycles. The molecule has 0 bridgehead atoms. The lowest BCUT2D eigenvalue weighted by Gasteiger charge is -2.24. The molecule has 1 saturated heterocycles. The minimum Gasteiger partial charge on any atom is -0.495 e.